The highest BCUT2D eigenvalue weighted by Gasteiger charge is 2.39. The molecule has 5 nitrogen and oxygen atoms in total. The summed E-state index contributed by atoms with van der Waals surface area (Å²) in [5.74, 6) is 1.05. The smallest absolute Gasteiger partial charge is 0.215 e. The van der Waals surface area contributed by atoms with E-state index in [1.165, 1.54) is 0 Å². The largest absolute Gasteiger partial charge is 0.468 e. The average Bonchev–Trinajstić information content (AvgIpc) is 2.87. The first-order valence-electron chi connectivity index (χ1n) is 6.75. The van der Waals surface area contributed by atoms with Gasteiger partial charge in [-0.05, 0) is 37.3 Å². The lowest BCUT2D eigenvalue weighted by Gasteiger charge is -2.22. The third-order valence-corrected chi connectivity index (χ3v) is 5.71. The van der Waals surface area contributed by atoms with Gasteiger partial charge in [0.1, 0.15) is 5.76 Å². The molecule has 106 valence electrons. The molecule has 1 aromatic heterocycles. The monoisotopic (exact) mass is 285 g/mol. The number of sulfonamides is 1. The molecule has 1 aliphatic heterocycles. The van der Waals surface area contributed by atoms with Crippen molar-refractivity contribution in [1.29, 1.82) is 0 Å². The fraction of sp³-hybridized carbons (Fsp3) is 0.692. The third-order valence-electron chi connectivity index (χ3n) is 3.67. The SMILES string of the molecule is O=S(=O)(CC1CCOC1)N(Cc1ccco1)C1CC1. The van der Waals surface area contributed by atoms with Crippen LogP contribution < -0.4 is 0 Å². The first-order valence-corrected chi connectivity index (χ1v) is 8.36. The molecule has 0 bridgehead atoms. The number of hydrogen-bond acceptors (Lipinski definition) is 4. The van der Waals surface area contributed by atoms with Gasteiger partial charge in [-0.1, -0.05) is 0 Å². The molecule has 2 fully saturated rings. The highest BCUT2D eigenvalue weighted by atomic mass is 32.2. The van der Waals surface area contributed by atoms with Gasteiger partial charge in [0.2, 0.25) is 10.0 Å². The van der Waals surface area contributed by atoms with Gasteiger partial charge in [-0.3, -0.25) is 0 Å². The van der Waals surface area contributed by atoms with E-state index >= 15 is 0 Å². The normalized spacial score (nSPS) is 24.2. The van der Waals surface area contributed by atoms with E-state index < -0.39 is 10.0 Å². The van der Waals surface area contributed by atoms with Crippen molar-refractivity contribution >= 4 is 10.0 Å². The van der Waals surface area contributed by atoms with Crippen molar-refractivity contribution < 1.29 is 17.6 Å². The van der Waals surface area contributed by atoms with Gasteiger partial charge in [-0.2, -0.15) is 4.31 Å². The van der Waals surface area contributed by atoms with E-state index in [0.717, 1.165) is 19.3 Å². The van der Waals surface area contributed by atoms with Crippen molar-refractivity contribution in [2.75, 3.05) is 19.0 Å². The summed E-state index contributed by atoms with van der Waals surface area (Å²) in [6.07, 6.45) is 4.35. The fourth-order valence-corrected chi connectivity index (χ4v) is 4.52. The predicted octanol–water partition coefficient (Wildman–Crippen LogP) is 1.61. The maximum atomic E-state index is 12.5. The van der Waals surface area contributed by atoms with Crippen LogP contribution in [-0.2, 0) is 21.3 Å². The Balaban J connectivity index is 1.71. The number of rotatable bonds is 6. The molecule has 0 N–H and O–H groups in total. The molecule has 19 heavy (non-hydrogen) atoms. The molecule has 6 heteroatoms. The molecular weight excluding hydrogens is 266 g/mol. The summed E-state index contributed by atoms with van der Waals surface area (Å²) in [6.45, 7) is 1.61. The summed E-state index contributed by atoms with van der Waals surface area (Å²) >= 11 is 0. The lowest BCUT2D eigenvalue weighted by Crippen LogP contribution is -2.36. The molecule has 1 aliphatic carbocycles. The summed E-state index contributed by atoms with van der Waals surface area (Å²) < 4.78 is 37.2. The van der Waals surface area contributed by atoms with E-state index in [2.05, 4.69) is 0 Å². The third kappa shape index (κ3) is 3.19. The van der Waals surface area contributed by atoms with E-state index in [-0.39, 0.29) is 17.7 Å². The lowest BCUT2D eigenvalue weighted by molar-refractivity contribution is 0.188. The molecule has 2 heterocycles. The quantitative estimate of drug-likeness (QED) is 0.796. The minimum atomic E-state index is -3.23. The van der Waals surface area contributed by atoms with Gasteiger partial charge in [0, 0.05) is 12.6 Å². The summed E-state index contributed by atoms with van der Waals surface area (Å²) in [5, 5.41) is 0. The van der Waals surface area contributed by atoms with Gasteiger partial charge in [-0.15, -0.1) is 0 Å². The topological polar surface area (TPSA) is 59.8 Å². The molecule has 2 aliphatic rings. The van der Waals surface area contributed by atoms with Gasteiger partial charge in [0.05, 0.1) is 25.2 Å². The van der Waals surface area contributed by atoms with Gasteiger partial charge >= 0.3 is 0 Å². The second-order valence-corrected chi connectivity index (χ2v) is 7.33. The number of furan rings is 1. The van der Waals surface area contributed by atoms with Gasteiger partial charge in [0.15, 0.2) is 0 Å². The van der Waals surface area contributed by atoms with Crippen LogP contribution in [0.2, 0.25) is 0 Å². The van der Waals surface area contributed by atoms with Crippen LogP contribution in [-0.4, -0.2) is 37.7 Å². The predicted molar refractivity (Wildman–Crippen MR) is 70.0 cm³/mol. The van der Waals surface area contributed by atoms with Gasteiger partial charge < -0.3 is 9.15 Å². The van der Waals surface area contributed by atoms with Crippen LogP contribution >= 0.6 is 0 Å². The van der Waals surface area contributed by atoms with Crippen molar-refractivity contribution in [3.05, 3.63) is 24.2 Å². The Morgan fingerprint density at radius 1 is 1.32 bits per heavy atom. The lowest BCUT2D eigenvalue weighted by atomic mass is 10.2. The molecule has 1 saturated carbocycles. The summed E-state index contributed by atoms with van der Waals surface area (Å²) in [5.41, 5.74) is 0. The Labute approximate surface area is 113 Å². The Morgan fingerprint density at radius 2 is 2.16 bits per heavy atom. The van der Waals surface area contributed by atoms with Crippen molar-refractivity contribution in [2.24, 2.45) is 5.92 Å². The first kappa shape index (κ1) is 13.1. The van der Waals surface area contributed by atoms with Crippen LogP contribution in [0.5, 0.6) is 0 Å². The maximum Gasteiger partial charge on any atom is 0.215 e. The molecule has 1 atom stereocenters. The molecule has 0 radical (unpaired) electrons. The average molecular weight is 285 g/mol. The number of hydrogen-bond donors (Lipinski definition) is 0. The highest BCUT2D eigenvalue weighted by Crippen LogP contribution is 2.32. The minimum Gasteiger partial charge on any atom is -0.468 e. The maximum absolute atomic E-state index is 12.5. The number of nitrogens with zero attached hydrogens (tertiary/aromatic N) is 1. The highest BCUT2D eigenvalue weighted by molar-refractivity contribution is 7.89. The summed E-state index contributed by atoms with van der Waals surface area (Å²) in [7, 11) is -3.23. The second kappa shape index (κ2) is 5.26. The van der Waals surface area contributed by atoms with E-state index in [9.17, 15) is 8.42 Å². The van der Waals surface area contributed by atoms with Crippen molar-refractivity contribution in [1.82, 2.24) is 4.31 Å². The van der Waals surface area contributed by atoms with Crippen LogP contribution in [0.4, 0.5) is 0 Å². The van der Waals surface area contributed by atoms with Crippen LogP contribution in [0, 0.1) is 5.92 Å². The first-order chi connectivity index (χ1) is 9.15. The molecule has 0 aromatic carbocycles. The molecule has 1 aromatic rings. The molecular formula is C13H19NO4S. The Kier molecular flexibility index (Phi) is 3.64. The van der Waals surface area contributed by atoms with E-state index in [1.54, 1.807) is 16.6 Å². The molecule has 0 amide bonds. The molecule has 1 saturated heterocycles. The Bertz CT molecular complexity index is 501. The summed E-state index contributed by atoms with van der Waals surface area (Å²) in [6, 6.07) is 3.78. The van der Waals surface area contributed by atoms with E-state index in [1.807, 2.05) is 6.07 Å². The molecule has 0 spiro atoms. The van der Waals surface area contributed by atoms with Crippen molar-refractivity contribution in [3.63, 3.8) is 0 Å². The van der Waals surface area contributed by atoms with Gasteiger partial charge in [0.25, 0.3) is 0 Å². The zero-order valence-electron chi connectivity index (χ0n) is 10.8. The van der Waals surface area contributed by atoms with Crippen molar-refractivity contribution in [3.8, 4) is 0 Å². The van der Waals surface area contributed by atoms with Crippen LogP contribution in [0.15, 0.2) is 22.8 Å². The molecule has 3 rings (SSSR count). The van der Waals surface area contributed by atoms with Crippen LogP contribution in [0.1, 0.15) is 25.0 Å². The zero-order valence-corrected chi connectivity index (χ0v) is 11.6. The standard InChI is InChI=1S/C13H19NO4S/c15-19(16,10-11-5-7-17-9-11)14(12-3-4-12)8-13-2-1-6-18-13/h1-2,6,11-12H,3-5,7-10H2. The van der Waals surface area contributed by atoms with Crippen LogP contribution in [0.25, 0.3) is 0 Å². The second-order valence-electron chi connectivity index (χ2n) is 5.36. The summed E-state index contributed by atoms with van der Waals surface area (Å²) in [4.78, 5) is 0. The fourth-order valence-electron chi connectivity index (χ4n) is 2.48. The minimum absolute atomic E-state index is 0.142. The van der Waals surface area contributed by atoms with E-state index in [4.69, 9.17) is 9.15 Å². The Morgan fingerprint density at radius 3 is 2.74 bits per heavy atom. The van der Waals surface area contributed by atoms with Crippen LogP contribution in [0.3, 0.4) is 0 Å². The molecule has 1 unspecified atom stereocenters. The number of ether oxygens (including phenoxy) is 1. The Hall–Kier alpha value is -0.850. The van der Waals surface area contributed by atoms with Gasteiger partial charge in [-0.25, -0.2) is 8.42 Å². The zero-order chi connectivity index (χ0) is 13.3. The van der Waals surface area contributed by atoms with Crippen molar-refractivity contribution in [2.45, 2.75) is 31.8 Å². The van der Waals surface area contributed by atoms with E-state index in [0.29, 0.717) is 25.5 Å².